The molecule has 8 nitrogen and oxygen atoms in total. The van der Waals surface area contributed by atoms with Crippen LogP contribution in [0, 0.1) is 0 Å². The van der Waals surface area contributed by atoms with Crippen LogP contribution in [0.2, 0.25) is 0 Å². The summed E-state index contributed by atoms with van der Waals surface area (Å²) in [5.74, 6) is -1.12. The van der Waals surface area contributed by atoms with Gasteiger partial charge in [-0.2, -0.15) is 4.31 Å². The monoisotopic (exact) mass is 435 g/mol. The first kappa shape index (κ1) is 23.4. The third-order valence-electron chi connectivity index (χ3n) is 4.28. The summed E-state index contributed by atoms with van der Waals surface area (Å²) in [5.41, 5.74) is 0.446. The number of sulfonamides is 1. The second-order valence-electron chi connectivity index (χ2n) is 6.09. The molecule has 0 fully saturated rings. The Hall–Kier alpha value is -2.91. The van der Waals surface area contributed by atoms with E-state index in [9.17, 15) is 18.0 Å². The number of esters is 2. The van der Waals surface area contributed by atoms with E-state index < -0.39 is 22.0 Å². The van der Waals surface area contributed by atoms with E-state index in [0.717, 1.165) is 0 Å². The first-order valence-corrected chi connectivity index (χ1v) is 10.9. The second kappa shape index (κ2) is 10.7. The van der Waals surface area contributed by atoms with Crippen LogP contribution in [-0.2, 0) is 19.5 Å². The molecule has 162 valence electrons. The van der Waals surface area contributed by atoms with Crippen molar-refractivity contribution in [3.05, 3.63) is 59.7 Å². The van der Waals surface area contributed by atoms with Crippen molar-refractivity contribution in [3.8, 4) is 5.75 Å². The Morgan fingerprint density at radius 1 is 0.867 bits per heavy atom. The molecule has 0 saturated carbocycles. The third kappa shape index (κ3) is 5.58. The van der Waals surface area contributed by atoms with Crippen LogP contribution in [0.25, 0.3) is 0 Å². The summed E-state index contributed by atoms with van der Waals surface area (Å²) in [6, 6.07) is 12.5. The van der Waals surface area contributed by atoms with Crippen molar-refractivity contribution >= 4 is 22.0 Å². The largest absolute Gasteiger partial charge is 0.495 e. The van der Waals surface area contributed by atoms with E-state index in [-0.39, 0.29) is 42.5 Å². The first-order valence-electron chi connectivity index (χ1n) is 9.42. The van der Waals surface area contributed by atoms with E-state index in [1.165, 1.54) is 29.6 Å². The lowest BCUT2D eigenvalue weighted by molar-refractivity contribution is 0.0265. The highest BCUT2D eigenvalue weighted by molar-refractivity contribution is 7.89. The van der Waals surface area contributed by atoms with Crippen LogP contribution in [0.4, 0.5) is 0 Å². The van der Waals surface area contributed by atoms with Crippen LogP contribution >= 0.6 is 0 Å². The molecule has 0 atom stereocenters. The zero-order chi connectivity index (χ0) is 22.1. The van der Waals surface area contributed by atoms with Crippen LogP contribution in [0.1, 0.15) is 34.6 Å². The maximum atomic E-state index is 12.9. The molecule has 30 heavy (non-hydrogen) atoms. The fourth-order valence-corrected chi connectivity index (χ4v) is 4.36. The van der Waals surface area contributed by atoms with Gasteiger partial charge in [0.25, 0.3) is 0 Å². The predicted octanol–water partition coefficient (Wildman–Crippen LogP) is 2.74. The van der Waals surface area contributed by atoms with Gasteiger partial charge < -0.3 is 14.2 Å². The molecule has 2 aromatic carbocycles. The van der Waals surface area contributed by atoms with Crippen LogP contribution in [0.15, 0.2) is 53.4 Å². The summed E-state index contributed by atoms with van der Waals surface area (Å²) in [5, 5.41) is 0. The summed E-state index contributed by atoms with van der Waals surface area (Å²) >= 11 is 0. The molecule has 0 amide bonds. The maximum Gasteiger partial charge on any atom is 0.338 e. The zero-order valence-electron chi connectivity index (χ0n) is 17.2. The average molecular weight is 435 g/mol. The third-order valence-corrected chi connectivity index (χ3v) is 6.35. The SMILES string of the molecule is CCN(CC)S(=O)(=O)c1cc(C(=O)OCCOC(=O)c2ccccc2)ccc1OC. The molecule has 0 spiro atoms. The minimum Gasteiger partial charge on any atom is -0.495 e. The highest BCUT2D eigenvalue weighted by Crippen LogP contribution is 2.28. The molecule has 0 bridgehead atoms. The van der Waals surface area contributed by atoms with E-state index in [0.29, 0.717) is 5.56 Å². The van der Waals surface area contributed by atoms with Crippen LogP contribution < -0.4 is 4.74 Å². The predicted molar refractivity (Wildman–Crippen MR) is 110 cm³/mol. The van der Waals surface area contributed by atoms with Gasteiger partial charge in [0.05, 0.1) is 18.2 Å². The molecular formula is C21H25NO7S. The summed E-state index contributed by atoms with van der Waals surface area (Å²) in [6.45, 7) is 3.72. The van der Waals surface area contributed by atoms with Gasteiger partial charge in [0.2, 0.25) is 10.0 Å². The van der Waals surface area contributed by atoms with Gasteiger partial charge in [-0.3, -0.25) is 0 Å². The van der Waals surface area contributed by atoms with Gasteiger partial charge in [0.15, 0.2) is 0 Å². The van der Waals surface area contributed by atoms with Crippen molar-refractivity contribution in [2.45, 2.75) is 18.7 Å². The van der Waals surface area contributed by atoms with E-state index in [1.807, 2.05) is 0 Å². The fourth-order valence-electron chi connectivity index (χ4n) is 2.72. The van der Waals surface area contributed by atoms with Gasteiger partial charge in [0.1, 0.15) is 23.9 Å². The zero-order valence-corrected chi connectivity index (χ0v) is 18.0. The Kier molecular flexibility index (Phi) is 8.37. The molecular weight excluding hydrogens is 410 g/mol. The van der Waals surface area contributed by atoms with Gasteiger partial charge in [0, 0.05) is 13.1 Å². The average Bonchev–Trinajstić information content (AvgIpc) is 2.77. The summed E-state index contributed by atoms with van der Waals surface area (Å²) in [6.07, 6.45) is 0. The van der Waals surface area contributed by atoms with Gasteiger partial charge >= 0.3 is 11.9 Å². The standard InChI is InChI=1S/C21H25NO7S/c1-4-22(5-2)30(25,26)19-15-17(11-12-18(19)27-3)21(24)29-14-13-28-20(23)16-9-7-6-8-10-16/h6-12,15H,4-5,13-14H2,1-3H3. The Balaban J connectivity index is 2.05. The lowest BCUT2D eigenvalue weighted by atomic mass is 10.2. The van der Waals surface area contributed by atoms with Crippen molar-refractivity contribution in [1.29, 1.82) is 0 Å². The molecule has 0 aromatic heterocycles. The van der Waals surface area contributed by atoms with Crippen molar-refractivity contribution in [3.63, 3.8) is 0 Å². The second-order valence-corrected chi connectivity index (χ2v) is 8.00. The highest BCUT2D eigenvalue weighted by atomic mass is 32.2. The smallest absolute Gasteiger partial charge is 0.338 e. The number of hydrogen-bond acceptors (Lipinski definition) is 7. The van der Waals surface area contributed by atoms with Crippen LogP contribution in [0.3, 0.4) is 0 Å². The lowest BCUT2D eigenvalue weighted by Gasteiger charge is -2.20. The van der Waals surface area contributed by atoms with Crippen LogP contribution in [-0.4, -0.2) is 58.1 Å². The molecule has 0 saturated heterocycles. The Labute approximate surface area is 176 Å². The Morgan fingerprint density at radius 2 is 1.43 bits per heavy atom. The number of benzene rings is 2. The number of methoxy groups -OCH3 is 1. The van der Waals surface area contributed by atoms with E-state index in [2.05, 4.69) is 0 Å². The minimum atomic E-state index is -3.84. The summed E-state index contributed by atoms with van der Waals surface area (Å²) in [4.78, 5) is 24.1. The molecule has 2 aromatic rings. The number of ether oxygens (including phenoxy) is 3. The molecule has 0 radical (unpaired) electrons. The van der Waals surface area contributed by atoms with Crippen molar-refractivity contribution < 1.29 is 32.2 Å². The van der Waals surface area contributed by atoms with Crippen molar-refractivity contribution in [1.82, 2.24) is 4.31 Å². The van der Waals surface area contributed by atoms with Crippen molar-refractivity contribution in [2.75, 3.05) is 33.4 Å². The first-order chi connectivity index (χ1) is 14.3. The van der Waals surface area contributed by atoms with E-state index in [1.54, 1.807) is 44.2 Å². The molecule has 0 aliphatic heterocycles. The molecule has 0 aliphatic rings. The topological polar surface area (TPSA) is 99.2 Å². The number of carbonyl (C=O) groups is 2. The van der Waals surface area contributed by atoms with Crippen molar-refractivity contribution in [2.24, 2.45) is 0 Å². The van der Waals surface area contributed by atoms with E-state index >= 15 is 0 Å². The molecule has 9 heteroatoms. The Bertz CT molecular complexity index is 970. The van der Waals surface area contributed by atoms with Crippen LogP contribution in [0.5, 0.6) is 5.75 Å². The number of rotatable bonds is 10. The van der Waals surface area contributed by atoms with E-state index in [4.69, 9.17) is 14.2 Å². The molecule has 0 heterocycles. The number of hydrogen-bond donors (Lipinski definition) is 0. The summed E-state index contributed by atoms with van der Waals surface area (Å²) in [7, 11) is -2.48. The van der Waals surface area contributed by atoms with Gasteiger partial charge in [-0.1, -0.05) is 32.0 Å². The minimum absolute atomic E-state index is 0.0518. The van der Waals surface area contributed by atoms with Gasteiger partial charge in [-0.25, -0.2) is 18.0 Å². The van der Waals surface area contributed by atoms with Gasteiger partial charge in [-0.15, -0.1) is 0 Å². The molecule has 0 N–H and O–H groups in total. The Morgan fingerprint density at radius 3 is 1.97 bits per heavy atom. The summed E-state index contributed by atoms with van der Waals surface area (Å²) < 4.78 is 42.3. The maximum absolute atomic E-state index is 12.9. The fraction of sp³-hybridized carbons (Fsp3) is 0.333. The quantitative estimate of drug-likeness (QED) is 0.418. The lowest BCUT2D eigenvalue weighted by Crippen LogP contribution is -2.31. The highest BCUT2D eigenvalue weighted by Gasteiger charge is 2.27. The number of nitrogens with zero attached hydrogens (tertiary/aromatic N) is 1. The normalized spacial score (nSPS) is 11.2. The van der Waals surface area contributed by atoms with Gasteiger partial charge in [-0.05, 0) is 30.3 Å². The number of carbonyl (C=O) groups excluding carboxylic acids is 2. The molecule has 0 unspecified atom stereocenters. The molecule has 0 aliphatic carbocycles. The molecule has 2 rings (SSSR count).